The minimum atomic E-state index is -4.51. The van der Waals surface area contributed by atoms with Crippen LogP contribution in [-0.4, -0.2) is 36.8 Å². The normalized spacial score (nSPS) is 12.2. The standard InChI is InChI=1S/C18H20F4N4O2/c1-12(11-28-14-6-4-13(19)5-7-14)26-17(27)25-10-9-24-16-15(18(20,21)22)3-2-8-23-16/h2-8,12H,9-11H2,1H3,(H,23,24)(H2,25,26,27). The molecule has 2 aromatic rings. The van der Waals surface area contributed by atoms with Gasteiger partial charge in [0.25, 0.3) is 0 Å². The predicted octanol–water partition coefficient (Wildman–Crippen LogP) is 3.42. The van der Waals surface area contributed by atoms with Gasteiger partial charge in [0, 0.05) is 19.3 Å². The Morgan fingerprint density at radius 3 is 2.57 bits per heavy atom. The van der Waals surface area contributed by atoms with Crippen LogP contribution in [0.2, 0.25) is 0 Å². The van der Waals surface area contributed by atoms with Crippen LogP contribution in [0.15, 0.2) is 42.6 Å². The van der Waals surface area contributed by atoms with Gasteiger partial charge in [-0.15, -0.1) is 0 Å². The summed E-state index contributed by atoms with van der Waals surface area (Å²) in [5, 5.41) is 7.70. The highest BCUT2D eigenvalue weighted by Crippen LogP contribution is 2.33. The maximum atomic E-state index is 12.9. The van der Waals surface area contributed by atoms with E-state index in [0.29, 0.717) is 5.75 Å². The second-order valence-corrected chi connectivity index (χ2v) is 5.89. The number of nitrogens with zero attached hydrogens (tertiary/aromatic N) is 1. The zero-order chi connectivity index (χ0) is 20.6. The van der Waals surface area contributed by atoms with Gasteiger partial charge in [-0.05, 0) is 43.3 Å². The summed E-state index contributed by atoms with van der Waals surface area (Å²) < 4.78 is 56.8. The average molecular weight is 400 g/mol. The number of hydrogen-bond acceptors (Lipinski definition) is 4. The largest absolute Gasteiger partial charge is 0.491 e. The third-order valence-electron chi connectivity index (χ3n) is 3.51. The maximum Gasteiger partial charge on any atom is 0.419 e. The molecule has 10 heteroatoms. The van der Waals surface area contributed by atoms with Crippen LogP contribution >= 0.6 is 0 Å². The van der Waals surface area contributed by atoms with Crippen LogP contribution in [0, 0.1) is 5.82 Å². The van der Waals surface area contributed by atoms with Gasteiger partial charge < -0.3 is 20.7 Å². The number of urea groups is 1. The summed E-state index contributed by atoms with van der Waals surface area (Å²) in [6.45, 7) is 2.03. The molecule has 1 unspecified atom stereocenters. The van der Waals surface area contributed by atoms with E-state index in [1.807, 2.05) is 0 Å². The molecule has 1 atom stereocenters. The van der Waals surface area contributed by atoms with Gasteiger partial charge in [-0.1, -0.05) is 0 Å². The number of anilines is 1. The second kappa shape index (κ2) is 9.77. The number of benzene rings is 1. The van der Waals surface area contributed by atoms with Gasteiger partial charge in [-0.25, -0.2) is 14.2 Å². The van der Waals surface area contributed by atoms with Crippen LogP contribution in [0.25, 0.3) is 0 Å². The highest BCUT2D eigenvalue weighted by molar-refractivity contribution is 5.74. The Bertz CT molecular complexity index is 769. The molecule has 1 aromatic carbocycles. The Morgan fingerprint density at radius 2 is 1.89 bits per heavy atom. The summed E-state index contributed by atoms with van der Waals surface area (Å²) in [5.41, 5.74) is -0.869. The van der Waals surface area contributed by atoms with Crippen molar-refractivity contribution in [2.24, 2.45) is 0 Å². The van der Waals surface area contributed by atoms with Crippen molar-refractivity contribution in [3.05, 3.63) is 54.0 Å². The van der Waals surface area contributed by atoms with E-state index in [4.69, 9.17) is 4.74 Å². The van der Waals surface area contributed by atoms with Crippen LogP contribution in [0.1, 0.15) is 12.5 Å². The van der Waals surface area contributed by atoms with E-state index in [-0.39, 0.29) is 37.4 Å². The molecule has 0 saturated carbocycles. The van der Waals surface area contributed by atoms with Crippen molar-refractivity contribution in [1.82, 2.24) is 15.6 Å². The Morgan fingerprint density at radius 1 is 1.18 bits per heavy atom. The maximum absolute atomic E-state index is 12.9. The lowest BCUT2D eigenvalue weighted by Gasteiger charge is -2.16. The lowest BCUT2D eigenvalue weighted by molar-refractivity contribution is -0.137. The van der Waals surface area contributed by atoms with Gasteiger partial charge in [-0.2, -0.15) is 13.2 Å². The van der Waals surface area contributed by atoms with Crippen LogP contribution in [0.5, 0.6) is 5.75 Å². The summed E-state index contributed by atoms with van der Waals surface area (Å²) in [7, 11) is 0. The first-order valence-electron chi connectivity index (χ1n) is 8.44. The summed E-state index contributed by atoms with van der Waals surface area (Å²) in [4.78, 5) is 15.5. The van der Waals surface area contributed by atoms with Crippen molar-refractivity contribution in [1.29, 1.82) is 0 Å². The summed E-state index contributed by atoms with van der Waals surface area (Å²) in [6.07, 6.45) is -3.26. The number of carbonyl (C=O) groups is 1. The highest BCUT2D eigenvalue weighted by Gasteiger charge is 2.33. The molecule has 0 fully saturated rings. The molecule has 1 heterocycles. The Labute approximate surface area is 159 Å². The van der Waals surface area contributed by atoms with Gasteiger partial charge in [-0.3, -0.25) is 0 Å². The molecular formula is C18H20F4N4O2. The van der Waals surface area contributed by atoms with Crippen molar-refractivity contribution >= 4 is 11.8 Å². The van der Waals surface area contributed by atoms with E-state index >= 15 is 0 Å². The summed E-state index contributed by atoms with van der Waals surface area (Å²) >= 11 is 0. The quantitative estimate of drug-likeness (QED) is 0.469. The molecule has 0 spiro atoms. The van der Waals surface area contributed by atoms with Crippen LogP contribution in [0.4, 0.5) is 28.2 Å². The third-order valence-corrected chi connectivity index (χ3v) is 3.51. The molecule has 0 radical (unpaired) electrons. The molecule has 2 rings (SSSR count). The van der Waals surface area contributed by atoms with Gasteiger partial charge in [0.2, 0.25) is 0 Å². The average Bonchev–Trinajstić information content (AvgIpc) is 2.64. The van der Waals surface area contributed by atoms with Crippen molar-refractivity contribution in [3.8, 4) is 5.75 Å². The second-order valence-electron chi connectivity index (χ2n) is 5.89. The molecule has 0 aliphatic heterocycles. The fourth-order valence-electron chi connectivity index (χ4n) is 2.20. The Hall–Kier alpha value is -3.04. The van der Waals surface area contributed by atoms with E-state index in [0.717, 1.165) is 6.07 Å². The Kier molecular flexibility index (Phi) is 7.42. The van der Waals surface area contributed by atoms with Crippen molar-refractivity contribution in [2.45, 2.75) is 19.1 Å². The number of pyridine rings is 1. The molecule has 0 saturated heterocycles. The number of carbonyl (C=O) groups excluding carboxylic acids is 1. The number of halogens is 4. The molecule has 0 aliphatic carbocycles. The highest BCUT2D eigenvalue weighted by atomic mass is 19.4. The van der Waals surface area contributed by atoms with E-state index in [1.165, 1.54) is 36.5 Å². The zero-order valence-corrected chi connectivity index (χ0v) is 15.0. The topological polar surface area (TPSA) is 75.3 Å². The summed E-state index contributed by atoms with van der Waals surface area (Å²) in [6, 6.07) is 6.77. The first kappa shape index (κ1) is 21.3. The lowest BCUT2D eigenvalue weighted by Crippen LogP contribution is -2.44. The van der Waals surface area contributed by atoms with Crippen molar-refractivity contribution in [3.63, 3.8) is 0 Å². The van der Waals surface area contributed by atoms with Gasteiger partial charge in [0.05, 0.1) is 11.6 Å². The van der Waals surface area contributed by atoms with Gasteiger partial charge in [0.1, 0.15) is 24.0 Å². The number of aromatic nitrogens is 1. The van der Waals surface area contributed by atoms with Crippen LogP contribution in [-0.2, 0) is 6.18 Å². The molecule has 3 N–H and O–H groups in total. The van der Waals surface area contributed by atoms with Crippen LogP contribution in [0.3, 0.4) is 0 Å². The third kappa shape index (κ3) is 6.93. The van der Waals surface area contributed by atoms with E-state index in [1.54, 1.807) is 6.92 Å². The zero-order valence-electron chi connectivity index (χ0n) is 15.0. The smallest absolute Gasteiger partial charge is 0.419 e. The molecule has 2 amide bonds. The molecule has 0 aliphatic rings. The SMILES string of the molecule is CC(COc1ccc(F)cc1)NC(=O)NCCNc1ncccc1C(F)(F)F. The molecular weight excluding hydrogens is 380 g/mol. The van der Waals surface area contributed by atoms with Crippen molar-refractivity contribution < 1.29 is 27.1 Å². The molecule has 28 heavy (non-hydrogen) atoms. The number of amides is 2. The Balaban J connectivity index is 1.68. The fourth-order valence-corrected chi connectivity index (χ4v) is 2.20. The lowest BCUT2D eigenvalue weighted by atomic mass is 10.2. The molecule has 6 nitrogen and oxygen atoms in total. The van der Waals surface area contributed by atoms with Crippen LogP contribution < -0.4 is 20.7 Å². The van der Waals surface area contributed by atoms with E-state index < -0.39 is 17.8 Å². The van der Waals surface area contributed by atoms with Crippen molar-refractivity contribution in [2.75, 3.05) is 25.0 Å². The first-order valence-corrected chi connectivity index (χ1v) is 8.44. The van der Waals surface area contributed by atoms with E-state index in [2.05, 4.69) is 20.9 Å². The van der Waals surface area contributed by atoms with Gasteiger partial charge in [0.15, 0.2) is 0 Å². The minimum absolute atomic E-state index is 0.0635. The summed E-state index contributed by atoms with van der Waals surface area (Å²) in [5.74, 6) is -0.201. The van der Waals surface area contributed by atoms with Gasteiger partial charge >= 0.3 is 12.2 Å². The monoisotopic (exact) mass is 400 g/mol. The number of ether oxygens (including phenoxy) is 1. The number of hydrogen-bond donors (Lipinski definition) is 3. The molecule has 0 bridgehead atoms. The molecule has 1 aromatic heterocycles. The minimum Gasteiger partial charge on any atom is -0.491 e. The van der Waals surface area contributed by atoms with E-state index in [9.17, 15) is 22.4 Å². The first-order chi connectivity index (χ1) is 13.3. The number of rotatable bonds is 8. The fraction of sp³-hybridized carbons (Fsp3) is 0.333. The predicted molar refractivity (Wildman–Crippen MR) is 95.6 cm³/mol. The molecule has 152 valence electrons. The number of nitrogens with one attached hydrogen (secondary N) is 3. The number of alkyl halides is 3.